The lowest BCUT2D eigenvalue weighted by Gasteiger charge is -2.07. The minimum atomic E-state index is -1.59. The average Bonchev–Trinajstić information content (AvgIpc) is 3.14. The van der Waals surface area contributed by atoms with Crippen molar-refractivity contribution in [3.05, 3.63) is 71.6 Å². The number of anilines is 2. The van der Waals surface area contributed by atoms with E-state index in [4.69, 9.17) is 4.42 Å². The molecule has 1 amide bonds. The summed E-state index contributed by atoms with van der Waals surface area (Å²) in [5.41, 5.74) is -0.272. The molecule has 6 nitrogen and oxygen atoms in total. The van der Waals surface area contributed by atoms with Gasteiger partial charge in [-0.1, -0.05) is 0 Å². The Kier molecular flexibility index (Phi) is 4.64. The summed E-state index contributed by atoms with van der Waals surface area (Å²) in [6.45, 7) is 0.188. The summed E-state index contributed by atoms with van der Waals surface area (Å²) in [5, 5.41) is 12.4. The molecule has 2 aromatic heterocycles. The second kappa shape index (κ2) is 7.04. The summed E-state index contributed by atoms with van der Waals surface area (Å²) < 4.78 is 44.7. The largest absolute Gasteiger partial charge is 0.467 e. The van der Waals surface area contributed by atoms with E-state index < -0.39 is 23.4 Å². The molecular formula is C16H11F3N4O2. The molecule has 2 N–H and O–H groups in total. The number of hydrogen-bond acceptors (Lipinski definition) is 5. The fraction of sp³-hybridized carbons (Fsp3) is 0.0625. The van der Waals surface area contributed by atoms with E-state index in [0.29, 0.717) is 5.76 Å². The van der Waals surface area contributed by atoms with Gasteiger partial charge in [0.1, 0.15) is 5.76 Å². The van der Waals surface area contributed by atoms with Gasteiger partial charge >= 0.3 is 0 Å². The molecular weight excluding hydrogens is 337 g/mol. The van der Waals surface area contributed by atoms with Crippen LogP contribution in [0.25, 0.3) is 0 Å². The molecule has 0 spiro atoms. The highest BCUT2D eigenvalue weighted by molar-refractivity contribution is 5.92. The number of rotatable bonds is 5. The first-order valence-corrected chi connectivity index (χ1v) is 7.09. The molecule has 0 unspecified atom stereocenters. The molecule has 2 heterocycles. The van der Waals surface area contributed by atoms with Gasteiger partial charge in [0.25, 0.3) is 5.91 Å². The second-order valence-corrected chi connectivity index (χ2v) is 4.91. The van der Waals surface area contributed by atoms with Gasteiger partial charge < -0.3 is 15.1 Å². The van der Waals surface area contributed by atoms with Gasteiger partial charge in [0.15, 0.2) is 29.0 Å². The minimum Gasteiger partial charge on any atom is -0.467 e. The number of halogens is 3. The van der Waals surface area contributed by atoms with Crippen LogP contribution in [0.2, 0.25) is 0 Å². The van der Waals surface area contributed by atoms with E-state index in [-0.39, 0.29) is 23.7 Å². The third-order valence-electron chi connectivity index (χ3n) is 3.20. The Labute approximate surface area is 139 Å². The van der Waals surface area contributed by atoms with Gasteiger partial charge in [0.2, 0.25) is 0 Å². The number of benzene rings is 1. The first kappa shape index (κ1) is 16.5. The number of nitrogens with zero attached hydrogens (tertiary/aromatic N) is 2. The molecule has 9 heteroatoms. The summed E-state index contributed by atoms with van der Waals surface area (Å²) in [6.07, 6.45) is 1.49. The molecule has 0 aliphatic carbocycles. The first-order chi connectivity index (χ1) is 12.0. The standard InChI is InChI=1S/C16H11F3N4O2/c17-10-3-4-11(15(19)14(10)18)21-13-6-5-12(22-23-13)16(24)20-8-9-2-1-7-25-9/h1-7H,8H2,(H,20,24)(H,21,23). The molecule has 3 rings (SSSR count). The predicted octanol–water partition coefficient (Wildman–Crippen LogP) is 3.16. The van der Waals surface area contributed by atoms with Crippen molar-refractivity contribution in [1.82, 2.24) is 15.5 Å². The van der Waals surface area contributed by atoms with Crippen LogP contribution in [0.3, 0.4) is 0 Å². The van der Waals surface area contributed by atoms with E-state index >= 15 is 0 Å². The monoisotopic (exact) mass is 348 g/mol. The molecule has 0 radical (unpaired) electrons. The highest BCUT2D eigenvalue weighted by Gasteiger charge is 2.14. The number of carbonyl (C=O) groups is 1. The number of nitrogens with one attached hydrogen (secondary N) is 2. The summed E-state index contributed by atoms with van der Waals surface area (Å²) in [7, 11) is 0. The summed E-state index contributed by atoms with van der Waals surface area (Å²) in [6, 6.07) is 7.92. The van der Waals surface area contributed by atoms with E-state index in [1.165, 1.54) is 18.4 Å². The van der Waals surface area contributed by atoms with Crippen LogP contribution < -0.4 is 10.6 Å². The molecule has 1 aromatic carbocycles. The van der Waals surface area contributed by atoms with Crippen LogP contribution in [0.5, 0.6) is 0 Å². The summed E-state index contributed by atoms with van der Waals surface area (Å²) >= 11 is 0. The number of aromatic nitrogens is 2. The van der Waals surface area contributed by atoms with Gasteiger partial charge in [-0.3, -0.25) is 4.79 Å². The molecule has 3 aromatic rings. The maximum atomic E-state index is 13.6. The third kappa shape index (κ3) is 3.77. The normalized spacial score (nSPS) is 10.5. The zero-order valence-corrected chi connectivity index (χ0v) is 12.6. The topological polar surface area (TPSA) is 80.0 Å². The third-order valence-corrected chi connectivity index (χ3v) is 3.20. The van der Waals surface area contributed by atoms with E-state index in [9.17, 15) is 18.0 Å². The number of hydrogen-bond donors (Lipinski definition) is 2. The number of carbonyl (C=O) groups excluding carboxylic acids is 1. The molecule has 0 aliphatic rings. The smallest absolute Gasteiger partial charge is 0.272 e. The Bertz CT molecular complexity index is 883. The lowest BCUT2D eigenvalue weighted by Crippen LogP contribution is -2.23. The summed E-state index contributed by atoms with van der Waals surface area (Å²) in [5.74, 6) is -4.10. The fourth-order valence-electron chi connectivity index (χ4n) is 1.95. The molecule has 25 heavy (non-hydrogen) atoms. The predicted molar refractivity (Wildman–Crippen MR) is 81.5 cm³/mol. The van der Waals surface area contributed by atoms with Gasteiger partial charge in [-0.25, -0.2) is 13.2 Å². The lowest BCUT2D eigenvalue weighted by molar-refractivity contribution is 0.0942. The first-order valence-electron chi connectivity index (χ1n) is 7.09. The van der Waals surface area contributed by atoms with Crippen LogP contribution >= 0.6 is 0 Å². The Morgan fingerprint density at radius 1 is 1.04 bits per heavy atom. The molecule has 0 saturated heterocycles. The number of amides is 1. The molecule has 128 valence electrons. The molecule has 0 saturated carbocycles. The van der Waals surface area contributed by atoms with Crippen molar-refractivity contribution >= 4 is 17.4 Å². The Hall–Kier alpha value is -3.36. The highest BCUT2D eigenvalue weighted by Crippen LogP contribution is 2.22. The van der Waals surface area contributed by atoms with Gasteiger partial charge in [-0.2, -0.15) is 0 Å². The van der Waals surface area contributed by atoms with Gasteiger partial charge in [-0.05, 0) is 36.4 Å². The van der Waals surface area contributed by atoms with Gasteiger partial charge in [0.05, 0.1) is 18.5 Å². The van der Waals surface area contributed by atoms with Gasteiger partial charge in [-0.15, -0.1) is 10.2 Å². The highest BCUT2D eigenvalue weighted by atomic mass is 19.2. The lowest BCUT2D eigenvalue weighted by atomic mass is 10.2. The SMILES string of the molecule is O=C(NCc1ccco1)c1ccc(Nc2ccc(F)c(F)c2F)nn1. The second-order valence-electron chi connectivity index (χ2n) is 4.91. The molecule has 0 atom stereocenters. The van der Waals surface area contributed by atoms with E-state index in [0.717, 1.165) is 12.1 Å². The van der Waals surface area contributed by atoms with Crippen molar-refractivity contribution in [3.63, 3.8) is 0 Å². The van der Waals surface area contributed by atoms with E-state index in [1.54, 1.807) is 12.1 Å². The van der Waals surface area contributed by atoms with E-state index in [2.05, 4.69) is 20.8 Å². The van der Waals surface area contributed by atoms with Crippen molar-refractivity contribution in [2.24, 2.45) is 0 Å². The Morgan fingerprint density at radius 3 is 2.56 bits per heavy atom. The molecule has 0 bridgehead atoms. The maximum Gasteiger partial charge on any atom is 0.272 e. The quantitative estimate of drug-likeness (QED) is 0.693. The Balaban J connectivity index is 1.66. The minimum absolute atomic E-state index is 0.0304. The van der Waals surface area contributed by atoms with Gasteiger partial charge in [0, 0.05) is 0 Å². The zero-order valence-electron chi connectivity index (χ0n) is 12.6. The fourth-order valence-corrected chi connectivity index (χ4v) is 1.95. The van der Waals surface area contributed by atoms with Crippen molar-refractivity contribution in [2.45, 2.75) is 6.54 Å². The number of furan rings is 1. The summed E-state index contributed by atoms with van der Waals surface area (Å²) in [4.78, 5) is 11.9. The van der Waals surface area contributed by atoms with Crippen LogP contribution in [-0.2, 0) is 6.54 Å². The van der Waals surface area contributed by atoms with Crippen LogP contribution in [0, 0.1) is 17.5 Å². The Morgan fingerprint density at radius 2 is 1.88 bits per heavy atom. The van der Waals surface area contributed by atoms with Crippen LogP contribution in [-0.4, -0.2) is 16.1 Å². The van der Waals surface area contributed by atoms with Crippen molar-refractivity contribution in [3.8, 4) is 0 Å². The zero-order chi connectivity index (χ0) is 17.8. The van der Waals surface area contributed by atoms with Crippen molar-refractivity contribution in [1.29, 1.82) is 0 Å². The van der Waals surface area contributed by atoms with Crippen LogP contribution in [0.15, 0.2) is 47.1 Å². The van der Waals surface area contributed by atoms with E-state index in [1.807, 2.05) is 0 Å². The van der Waals surface area contributed by atoms with Crippen LogP contribution in [0.1, 0.15) is 16.2 Å². The van der Waals surface area contributed by atoms with Crippen molar-refractivity contribution < 1.29 is 22.4 Å². The van der Waals surface area contributed by atoms with Crippen molar-refractivity contribution in [2.75, 3.05) is 5.32 Å². The maximum absolute atomic E-state index is 13.6. The average molecular weight is 348 g/mol. The molecule has 0 aliphatic heterocycles. The molecule has 0 fully saturated rings. The van der Waals surface area contributed by atoms with Crippen LogP contribution in [0.4, 0.5) is 24.7 Å².